The lowest BCUT2D eigenvalue weighted by atomic mass is 9.58. The molecule has 2 aromatic rings. The summed E-state index contributed by atoms with van der Waals surface area (Å²) in [6.45, 7) is 4.83. The lowest BCUT2D eigenvalue weighted by Crippen LogP contribution is -2.56. The Morgan fingerprint density at radius 3 is 2.67 bits per heavy atom. The topological polar surface area (TPSA) is 102 Å². The molecule has 46 heavy (non-hydrogen) atoms. The number of sulfonamides is 1. The number of amides is 1. The van der Waals surface area contributed by atoms with E-state index in [0.29, 0.717) is 49.5 Å². The van der Waals surface area contributed by atoms with E-state index in [2.05, 4.69) is 9.62 Å². The number of fused-ring (bicyclic) bond motifs is 6. The van der Waals surface area contributed by atoms with Gasteiger partial charge in [-0.15, -0.1) is 0 Å². The molecule has 3 aliphatic carbocycles. The molecule has 2 aromatic carbocycles. The van der Waals surface area contributed by atoms with Crippen molar-refractivity contribution in [2.75, 3.05) is 31.7 Å². The van der Waals surface area contributed by atoms with E-state index in [1.54, 1.807) is 38.3 Å². The molecule has 1 spiro atoms. The average Bonchev–Trinajstić information content (AvgIpc) is 3.15. The Balaban J connectivity index is 1.35. The zero-order valence-corrected chi connectivity index (χ0v) is 27.9. The molecule has 8 nitrogen and oxygen atoms in total. The fraction of sp³-hybridized carbons (Fsp3) is 0.543. The van der Waals surface area contributed by atoms with Crippen LogP contribution in [0.1, 0.15) is 67.4 Å². The standard InChI is InChI=1S/C35H40ClFN2O6S/c1-20-21(2)46(42,43)38-33(41)22-7-11-31-30(15-22)39(16-23-6-8-27(23)35(18-40,44-3)25-13-24(20)14-25)17-34(19-45-31)12-4-5-26-28(34)9-10-29(36)32(26)37/h7,9-11,13,15,18,20-21,23-24,27H,4-6,8,12,14,16-17,19H2,1-3H3,(H,38,41)/t20-,21-,23+,24+,27-,34+,35+/m1/s1. The Bertz CT molecular complexity index is 1750. The van der Waals surface area contributed by atoms with Crippen LogP contribution in [0.5, 0.6) is 5.75 Å². The van der Waals surface area contributed by atoms with Crippen LogP contribution in [0.4, 0.5) is 10.1 Å². The molecule has 6 aliphatic rings. The van der Waals surface area contributed by atoms with Crippen molar-refractivity contribution in [1.29, 1.82) is 0 Å². The SMILES string of the molecule is CO[C@@]1(C=O)C2=C[C@@H](C2)[C@H](C)[C@@H](C)S(=O)(=O)NC(=O)c2ccc3c(c2)N(C[C@@H]2CC[C@H]21)C[C@@]1(CCCc2c1ccc(Cl)c2F)CO3. The highest BCUT2D eigenvalue weighted by molar-refractivity contribution is 7.90. The van der Waals surface area contributed by atoms with E-state index in [9.17, 15) is 18.0 Å². The third-order valence-electron chi connectivity index (χ3n) is 11.9. The normalized spacial score (nSPS) is 34.8. The second-order valence-corrected chi connectivity index (χ2v) is 16.5. The van der Waals surface area contributed by atoms with Crippen molar-refractivity contribution in [2.45, 2.75) is 68.6 Å². The molecule has 0 radical (unpaired) electrons. The molecule has 7 atom stereocenters. The second-order valence-electron chi connectivity index (χ2n) is 14.0. The minimum Gasteiger partial charge on any atom is -0.490 e. The Morgan fingerprint density at radius 1 is 1.20 bits per heavy atom. The Hall–Kier alpha value is -2.95. The Kier molecular flexibility index (Phi) is 7.80. The number of hydrogen-bond acceptors (Lipinski definition) is 7. The van der Waals surface area contributed by atoms with E-state index in [-0.39, 0.29) is 34.3 Å². The zero-order valence-electron chi connectivity index (χ0n) is 26.4. The molecule has 11 heteroatoms. The minimum absolute atomic E-state index is 0.0636. The maximum atomic E-state index is 15.4. The number of aldehydes is 1. The molecule has 3 heterocycles. The van der Waals surface area contributed by atoms with Gasteiger partial charge in [-0.1, -0.05) is 30.7 Å². The summed E-state index contributed by atoms with van der Waals surface area (Å²) < 4.78 is 57.1. The lowest BCUT2D eigenvalue weighted by Gasteiger charge is -2.52. The van der Waals surface area contributed by atoms with Crippen molar-refractivity contribution >= 4 is 39.5 Å². The van der Waals surface area contributed by atoms with Gasteiger partial charge in [0, 0.05) is 37.1 Å². The smallest absolute Gasteiger partial charge is 0.264 e. The van der Waals surface area contributed by atoms with Gasteiger partial charge in [0.05, 0.1) is 22.6 Å². The van der Waals surface area contributed by atoms with Crippen LogP contribution in [-0.4, -0.2) is 58.3 Å². The number of rotatable bonds is 2. The van der Waals surface area contributed by atoms with Crippen molar-refractivity contribution in [3.05, 3.63) is 69.5 Å². The third kappa shape index (κ3) is 4.81. The summed E-state index contributed by atoms with van der Waals surface area (Å²) in [4.78, 5) is 28.6. The minimum atomic E-state index is -4.02. The van der Waals surface area contributed by atoms with Gasteiger partial charge >= 0.3 is 0 Å². The fourth-order valence-corrected chi connectivity index (χ4v) is 10.2. The number of anilines is 1. The first-order valence-electron chi connectivity index (χ1n) is 16.2. The number of nitrogens with one attached hydrogen (secondary N) is 1. The summed E-state index contributed by atoms with van der Waals surface area (Å²) in [5, 5.41) is -0.750. The summed E-state index contributed by atoms with van der Waals surface area (Å²) in [6.07, 6.45) is 7.33. The molecule has 8 rings (SSSR count). The van der Waals surface area contributed by atoms with Crippen LogP contribution in [0, 0.1) is 29.5 Å². The predicted octanol–water partition coefficient (Wildman–Crippen LogP) is 5.61. The summed E-state index contributed by atoms with van der Waals surface area (Å²) in [5.74, 6) is -0.847. The summed E-state index contributed by atoms with van der Waals surface area (Å²) in [7, 11) is -2.44. The summed E-state index contributed by atoms with van der Waals surface area (Å²) in [5.41, 5.74) is 1.61. The van der Waals surface area contributed by atoms with Crippen molar-refractivity contribution in [3.8, 4) is 5.75 Å². The van der Waals surface area contributed by atoms with Crippen LogP contribution >= 0.6 is 11.6 Å². The first-order valence-corrected chi connectivity index (χ1v) is 18.1. The highest BCUT2D eigenvalue weighted by Crippen LogP contribution is 2.53. The van der Waals surface area contributed by atoms with Crippen molar-refractivity contribution < 1.29 is 31.9 Å². The van der Waals surface area contributed by atoms with Crippen LogP contribution < -0.4 is 14.4 Å². The van der Waals surface area contributed by atoms with Crippen LogP contribution in [0.25, 0.3) is 0 Å². The van der Waals surface area contributed by atoms with E-state index in [4.69, 9.17) is 21.1 Å². The van der Waals surface area contributed by atoms with E-state index < -0.39 is 38.0 Å². The van der Waals surface area contributed by atoms with Crippen LogP contribution in [-0.2, 0) is 31.4 Å². The van der Waals surface area contributed by atoms with Crippen molar-refractivity contribution in [1.82, 2.24) is 4.72 Å². The monoisotopic (exact) mass is 670 g/mol. The van der Waals surface area contributed by atoms with Gasteiger partial charge in [-0.25, -0.2) is 17.5 Å². The van der Waals surface area contributed by atoms with Crippen molar-refractivity contribution in [3.63, 3.8) is 0 Å². The third-order valence-corrected chi connectivity index (χ3v) is 14.0. The van der Waals surface area contributed by atoms with Gasteiger partial charge in [0.2, 0.25) is 10.0 Å². The van der Waals surface area contributed by atoms with Crippen molar-refractivity contribution in [2.24, 2.45) is 23.7 Å². The Morgan fingerprint density at radius 2 is 1.98 bits per heavy atom. The van der Waals surface area contributed by atoms with E-state index in [1.165, 1.54) is 0 Å². The highest BCUT2D eigenvalue weighted by atomic mass is 35.5. The van der Waals surface area contributed by atoms with Crippen LogP contribution in [0.3, 0.4) is 0 Å². The fourth-order valence-electron chi connectivity index (χ4n) is 8.67. The van der Waals surface area contributed by atoms with Gasteiger partial charge in [0.1, 0.15) is 17.2 Å². The molecule has 1 N–H and O–H groups in total. The predicted molar refractivity (Wildman–Crippen MR) is 173 cm³/mol. The first kappa shape index (κ1) is 31.6. The molecular weight excluding hydrogens is 631 g/mol. The largest absolute Gasteiger partial charge is 0.490 e. The maximum Gasteiger partial charge on any atom is 0.264 e. The molecule has 4 bridgehead atoms. The number of methoxy groups -OCH3 is 1. The molecule has 0 saturated heterocycles. The van der Waals surface area contributed by atoms with Gasteiger partial charge in [-0.3, -0.25) is 9.59 Å². The van der Waals surface area contributed by atoms with Gasteiger partial charge in [0.15, 0.2) is 6.29 Å². The molecular formula is C35H40ClFN2O6S. The maximum absolute atomic E-state index is 15.4. The van der Waals surface area contributed by atoms with Crippen LogP contribution in [0.15, 0.2) is 42.0 Å². The highest BCUT2D eigenvalue weighted by Gasteiger charge is 2.54. The van der Waals surface area contributed by atoms with Crippen LogP contribution in [0.2, 0.25) is 5.02 Å². The number of carbonyl (C=O) groups is 2. The zero-order chi connectivity index (χ0) is 32.6. The molecule has 1 amide bonds. The number of carbonyl (C=O) groups excluding carboxylic acids is 2. The van der Waals surface area contributed by atoms with Gasteiger partial charge < -0.3 is 14.4 Å². The number of benzene rings is 2. The first-order chi connectivity index (χ1) is 21.9. The quantitative estimate of drug-likeness (QED) is 0.328. The van der Waals surface area contributed by atoms with Gasteiger partial charge in [0.25, 0.3) is 5.91 Å². The lowest BCUT2D eigenvalue weighted by molar-refractivity contribution is -0.139. The summed E-state index contributed by atoms with van der Waals surface area (Å²) >= 11 is 6.21. The van der Waals surface area contributed by atoms with E-state index in [0.717, 1.165) is 43.1 Å². The number of nitrogens with zero attached hydrogens (tertiary/aromatic N) is 1. The molecule has 0 aromatic heterocycles. The summed E-state index contributed by atoms with van der Waals surface area (Å²) in [6, 6.07) is 8.52. The van der Waals surface area contributed by atoms with Gasteiger partial charge in [-0.2, -0.15) is 0 Å². The molecule has 1 fully saturated rings. The molecule has 0 unspecified atom stereocenters. The second kappa shape index (κ2) is 11.3. The Labute approximate surface area is 274 Å². The average molecular weight is 671 g/mol. The van der Waals surface area contributed by atoms with E-state index >= 15 is 4.39 Å². The number of halogens is 2. The number of ether oxygens (including phenoxy) is 2. The number of hydrogen-bond donors (Lipinski definition) is 1. The number of allylic oxidation sites excluding steroid dienone is 1. The van der Waals surface area contributed by atoms with E-state index in [1.807, 2.05) is 19.1 Å². The molecule has 3 aliphatic heterocycles. The molecule has 246 valence electrons. The van der Waals surface area contributed by atoms with Gasteiger partial charge in [-0.05, 0) is 104 Å². The molecule has 1 saturated carbocycles.